The van der Waals surface area contributed by atoms with Crippen LogP contribution in [0.5, 0.6) is 0 Å². The maximum atomic E-state index is 5.42. The molecule has 0 heterocycles. The minimum atomic E-state index is 0.814. The Kier molecular flexibility index (Phi) is 9.57. The molecule has 0 aromatic carbocycles. The summed E-state index contributed by atoms with van der Waals surface area (Å²) in [7, 11) is 2.17. The van der Waals surface area contributed by atoms with Gasteiger partial charge >= 0.3 is 0 Å². The number of nitrogens with two attached hydrogens (primary N) is 1. The molecule has 0 aliphatic heterocycles. The van der Waals surface area contributed by atoms with Crippen molar-refractivity contribution in [3.05, 3.63) is 0 Å². The standard InChI is InChI=1S/C9H22N2S/c1-3-12-9-5-8-11(2)7-4-6-10/h3-10H2,1-2H3. The van der Waals surface area contributed by atoms with Gasteiger partial charge < -0.3 is 10.6 Å². The molecule has 0 aliphatic rings. The van der Waals surface area contributed by atoms with E-state index in [2.05, 4.69) is 18.9 Å². The summed E-state index contributed by atoms with van der Waals surface area (Å²) < 4.78 is 0. The second-order valence-electron chi connectivity index (χ2n) is 3.00. The molecule has 3 heteroatoms. The molecule has 0 spiro atoms. The molecule has 0 radical (unpaired) electrons. The van der Waals surface area contributed by atoms with Gasteiger partial charge in [0, 0.05) is 0 Å². The van der Waals surface area contributed by atoms with Crippen LogP contribution in [0.2, 0.25) is 0 Å². The van der Waals surface area contributed by atoms with Crippen molar-refractivity contribution in [3.8, 4) is 0 Å². The summed E-state index contributed by atoms with van der Waals surface area (Å²) in [6, 6.07) is 0. The Morgan fingerprint density at radius 1 is 1.25 bits per heavy atom. The minimum absolute atomic E-state index is 0.814. The van der Waals surface area contributed by atoms with Gasteiger partial charge in [0.25, 0.3) is 0 Å². The first-order valence-corrected chi connectivity index (χ1v) is 5.93. The number of hydrogen-bond acceptors (Lipinski definition) is 3. The average Bonchev–Trinajstić information content (AvgIpc) is 2.09. The molecule has 0 aliphatic carbocycles. The van der Waals surface area contributed by atoms with Crippen molar-refractivity contribution in [2.45, 2.75) is 19.8 Å². The van der Waals surface area contributed by atoms with E-state index in [1.807, 2.05) is 11.8 Å². The molecule has 0 aromatic rings. The smallest absolute Gasteiger partial charge is 0.000976 e. The summed E-state index contributed by atoms with van der Waals surface area (Å²) in [4.78, 5) is 2.36. The lowest BCUT2D eigenvalue weighted by Crippen LogP contribution is -2.23. The van der Waals surface area contributed by atoms with Crippen molar-refractivity contribution in [3.63, 3.8) is 0 Å². The summed E-state index contributed by atoms with van der Waals surface area (Å²) in [6.45, 7) is 5.39. The summed E-state index contributed by atoms with van der Waals surface area (Å²) in [6.07, 6.45) is 2.43. The van der Waals surface area contributed by atoms with Crippen LogP contribution in [0.1, 0.15) is 19.8 Å². The normalized spacial score (nSPS) is 11.0. The van der Waals surface area contributed by atoms with Gasteiger partial charge in [-0.2, -0.15) is 11.8 Å². The van der Waals surface area contributed by atoms with Crippen molar-refractivity contribution in [2.24, 2.45) is 5.73 Å². The largest absolute Gasteiger partial charge is 0.330 e. The summed E-state index contributed by atoms with van der Waals surface area (Å²) in [5.74, 6) is 2.54. The van der Waals surface area contributed by atoms with Gasteiger partial charge in [-0.1, -0.05) is 6.92 Å². The van der Waals surface area contributed by atoms with E-state index < -0.39 is 0 Å². The minimum Gasteiger partial charge on any atom is -0.330 e. The van der Waals surface area contributed by atoms with E-state index in [1.54, 1.807) is 0 Å². The van der Waals surface area contributed by atoms with Crippen molar-refractivity contribution >= 4 is 11.8 Å². The molecular formula is C9H22N2S. The zero-order chi connectivity index (χ0) is 9.23. The first-order chi connectivity index (χ1) is 5.81. The molecule has 0 bridgehead atoms. The molecule has 2 nitrogen and oxygen atoms in total. The molecule has 74 valence electrons. The SMILES string of the molecule is CCSCCCN(C)CCCN. The highest BCUT2D eigenvalue weighted by Gasteiger charge is 1.96. The van der Waals surface area contributed by atoms with Crippen LogP contribution in [-0.2, 0) is 0 Å². The van der Waals surface area contributed by atoms with Crippen LogP contribution in [0, 0.1) is 0 Å². The third kappa shape index (κ3) is 8.37. The predicted molar refractivity (Wildman–Crippen MR) is 58.8 cm³/mol. The van der Waals surface area contributed by atoms with Gasteiger partial charge in [0.15, 0.2) is 0 Å². The lowest BCUT2D eigenvalue weighted by atomic mass is 10.3. The number of thioether (sulfide) groups is 1. The van der Waals surface area contributed by atoms with Crippen LogP contribution in [-0.4, -0.2) is 43.1 Å². The van der Waals surface area contributed by atoms with Crippen molar-refractivity contribution < 1.29 is 0 Å². The van der Waals surface area contributed by atoms with Gasteiger partial charge in [0.05, 0.1) is 0 Å². The lowest BCUT2D eigenvalue weighted by molar-refractivity contribution is 0.333. The van der Waals surface area contributed by atoms with Crippen LogP contribution in [0.3, 0.4) is 0 Å². The molecule has 2 N–H and O–H groups in total. The fourth-order valence-electron chi connectivity index (χ4n) is 1.05. The first kappa shape index (κ1) is 12.3. The monoisotopic (exact) mass is 190 g/mol. The van der Waals surface area contributed by atoms with E-state index in [4.69, 9.17) is 5.73 Å². The van der Waals surface area contributed by atoms with Crippen LogP contribution in [0.4, 0.5) is 0 Å². The zero-order valence-corrected chi connectivity index (χ0v) is 9.20. The lowest BCUT2D eigenvalue weighted by Gasteiger charge is -2.15. The molecule has 0 unspecified atom stereocenters. The van der Waals surface area contributed by atoms with Crippen molar-refractivity contribution in [1.82, 2.24) is 4.90 Å². The molecule has 0 amide bonds. The molecule has 0 aromatic heterocycles. The highest BCUT2D eigenvalue weighted by molar-refractivity contribution is 7.99. The summed E-state index contributed by atoms with van der Waals surface area (Å²) in [5.41, 5.74) is 5.42. The van der Waals surface area contributed by atoms with Crippen LogP contribution in [0.25, 0.3) is 0 Å². The predicted octanol–water partition coefficient (Wildman–Crippen LogP) is 1.41. The van der Waals surface area contributed by atoms with E-state index in [1.165, 1.54) is 24.5 Å². The Labute approximate surface area is 80.9 Å². The van der Waals surface area contributed by atoms with Gasteiger partial charge in [-0.15, -0.1) is 0 Å². The van der Waals surface area contributed by atoms with Gasteiger partial charge in [-0.05, 0) is 51.0 Å². The second kappa shape index (κ2) is 9.36. The first-order valence-electron chi connectivity index (χ1n) is 4.77. The molecule has 0 saturated heterocycles. The maximum absolute atomic E-state index is 5.42. The maximum Gasteiger partial charge on any atom is -0.000976 e. The van der Waals surface area contributed by atoms with Crippen LogP contribution < -0.4 is 5.73 Å². The van der Waals surface area contributed by atoms with Crippen LogP contribution in [0.15, 0.2) is 0 Å². The number of rotatable bonds is 8. The third-order valence-electron chi connectivity index (χ3n) is 1.78. The fourth-order valence-corrected chi connectivity index (χ4v) is 1.68. The Morgan fingerprint density at radius 2 is 1.92 bits per heavy atom. The van der Waals surface area contributed by atoms with E-state index in [0.29, 0.717) is 0 Å². The fraction of sp³-hybridized carbons (Fsp3) is 1.00. The molecule has 0 saturated carbocycles. The quantitative estimate of drug-likeness (QED) is 0.587. The van der Waals surface area contributed by atoms with E-state index in [9.17, 15) is 0 Å². The summed E-state index contributed by atoms with van der Waals surface area (Å²) >= 11 is 2.02. The third-order valence-corrected chi connectivity index (χ3v) is 2.76. The number of nitrogens with zero attached hydrogens (tertiary/aromatic N) is 1. The summed E-state index contributed by atoms with van der Waals surface area (Å²) in [5, 5.41) is 0. The highest BCUT2D eigenvalue weighted by Crippen LogP contribution is 2.01. The average molecular weight is 190 g/mol. The topological polar surface area (TPSA) is 29.3 Å². The van der Waals surface area contributed by atoms with E-state index in [0.717, 1.165) is 19.5 Å². The van der Waals surface area contributed by atoms with Crippen molar-refractivity contribution in [1.29, 1.82) is 0 Å². The van der Waals surface area contributed by atoms with E-state index in [-0.39, 0.29) is 0 Å². The Morgan fingerprint density at radius 3 is 2.50 bits per heavy atom. The Balaban J connectivity index is 3.02. The van der Waals surface area contributed by atoms with E-state index >= 15 is 0 Å². The van der Waals surface area contributed by atoms with Gasteiger partial charge in [0.1, 0.15) is 0 Å². The number of hydrogen-bond donors (Lipinski definition) is 1. The molecular weight excluding hydrogens is 168 g/mol. The molecule has 0 rings (SSSR count). The van der Waals surface area contributed by atoms with Gasteiger partial charge in [-0.3, -0.25) is 0 Å². The zero-order valence-electron chi connectivity index (χ0n) is 8.38. The van der Waals surface area contributed by atoms with Gasteiger partial charge in [0.2, 0.25) is 0 Å². The second-order valence-corrected chi connectivity index (χ2v) is 4.39. The van der Waals surface area contributed by atoms with Crippen LogP contribution >= 0.6 is 11.8 Å². The van der Waals surface area contributed by atoms with Crippen molar-refractivity contribution in [2.75, 3.05) is 38.2 Å². The molecule has 12 heavy (non-hydrogen) atoms. The Hall–Kier alpha value is 0.270. The van der Waals surface area contributed by atoms with Gasteiger partial charge in [-0.25, -0.2) is 0 Å². The molecule has 0 atom stereocenters. The highest BCUT2D eigenvalue weighted by atomic mass is 32.2. The molecule has 0 fully saturated rings. The Bertz CT molecular complexity index is 88.6.